The summed E-state index contributed by atoms with van der Waals surface area (Å²) in [6.45, 7) is 2.97. The van der Waals surface area contributed by atoms with Crippen molar-refractivity contribution in [1.29, 1.82) is 0 Å². The summed E-state index contributed by atoms with van der Waals surface area (Å²) in [5, 5.41) is 0. The number of benzene rings is 1. The van der Waals surface area contributed by atoms with E-state index in [9.17, 15) is 0 Å². The quantitative estimate of drug-likeness (QED) is 0.510. The second-order valence-corrected chi connectivity index (χ2v) is 3.29. The predicted molar refractivity (Wildman–Crippen MR) is 68.7 cm³/mol. The summed E-state index contributed by atoms with van der Waals surface area (Å²) in [6, 6.07) is 7.60. The molecule has 0 aromatic heterocycles. The van der Waals surface area contributed by atoms with Crippen LogP contribution in [0.4, 0.5) is 0 Å². The normalized spacial score (nSPS) is 11.0. The Bertz CT molecular complexity index is 424. The molecule has 0 aliphatic rings. The van der Waals surface area contributed by atoms with E-state index in [2.05, 4.69) is 9.98 Å². The molecule has 0 fully saturated rings. The monoisotopic (exact) mass is 235 g/mol. The Hall–Kier alpha value is -2.24. The molecule has 0 spiro atoms. The average molecular weight is 235 g/mol. The second kappa shape index (κ2) is 6.37. The third kappa shape index (κ3) is 4.87. The van der Waals surface area contributed by atoms with Gasteiger partial charge in [0.05, 0.1) is 13.2 Å². The molecule has 1 aromatic carbocycles. The van der Waals surface area contributed by atoms with Crippen molar-refractivity contribution in [3.8, 4) is 5.75 Å². The maximum Gasteiger partial charge on any atom is 0.218 e. The number of nitrogens with two attached hydrogens (primary N) is 3. The van der Waals surface area contributed by atoms with E-state index >= 15 is 0 Å². The van der Waals surface area contributed by atoms with Crippen LogP contribution in [0.15, 0.2) is 34.3 Å². The molecule has 0 aliphatic heterocycles. The van der Waals surface area contributed by atoms with Crippen LogP contribution in [-0.4, -0.2) is 18.5 Å². The standard InChI is InChI=1S/C11H17N5O/c1-2-17-9-5-3-4-8(6-9)7-15-11(14)16-10(12)13/h3-6H,2,7H2,1H3,(H6,12,13,14,15,16). The first-order valence-electron chi connectivity index (χ1n) is 5.23. The number of rotatable bonds is 4. The van der Waals surface area contributed by atoms with E-state index in [1.807, 2.05) is 31.2 Å². The highest BCUT2D eigenvalue weighted by atomic mass is 16.5. The molecule has 6 heteroatoms. The summed E-state index contributed by atoms with van der Waals surface area (Å²) in [6.07, 6.45) is 0. The Kier molecular flexibility index (Phi) is 4.80. The van der Waals surface area contributed by atoms with Crippen molar-refractivity contribution in [3.63, 3.8) is 0 Å². The summed E-state index contributed by atoms with van der Waals surface area (Å²) in [5.41, 5.74) is 16.8. The van der Waals surface area contributed by atoms with Crippen LogP contribution in [0.1, 0.15) is 12.5 Å². The first-order chi connectivity index (χ1) is 8.11. The first-order valence-corrected chi connectivity index (χ1v) is 5.23. The molecule has 0 bridgehead atoms. The molecule has 92 valence electrons. The Balaban J connectivity index is 2.68. The smallest absolute Gasteiger partial charge is 0.218 e. The third-order valence-electron chi connectivity index (χ3n) is 1.88. The van der Waals surface area contributed by atoms with E-state index in [4.69, 9.17) is 21.9 Å². The van der Waals surface area contributed by atoms with E-state index in [0.717, 1.165) is 11.3 Å². The van der Waals surface area contributed by atoms with Gasteiger partial charge in [0, 0.05) is 0 Å². The third-order valence-corrected chi connectivity index (χ3v) is 1.88. The largest absolute Gasteiger partial charge is 0.494 e. The van der Waals surface area contributed by atoms with E-state index < -0.39 is 0 Å². The molecule has 17 heavy (non-hydrogen) atoms. The lowest BCUT2D eigenvalue weighted by molar-refractivity contribution is 0.340. The van der Waals surface area contributed by atoms with Crippen LogP contribution in [0.3, 0.4) is 0 Å². The van der Waals surface area contributed by atoms with Crippen LogP contribution in [0.2, 0.25) is 0 Å². The van der Waals surface area contributed by atoms with E-state index in [-0.39, 0.29) is 11.9 Å². The predicted octanol–water partition coefficient (Wildman–Crippen LogP) is 0.173. The van der Waals surface area contributed by atoms with Gasteiger partial charge in [-0.15, -0.1) is 0 Å². The zero-order chi connectivity index (χ0) is 12.7. The Morgan fingerprint density at radius 2 is 2.06 bits per heavy atom. The average Bonchev–Trinajstić information content (AvgIpc) is 2.26. The van der Waals surface area contributed by atoms with Gasteiger partial charge in [0.15, 0.2) is 5.96 Å². The fraction of sp³-hybridized carbons (Fsp3) is 0.273. The number of hydrogen-bond donors (Lipinski definition) is 3. The van der Waals surface area contributed by atoms with Gasteiger partial charge in [0.2, 0.25) is 5.96 Å². The number of hydrogen-bond acceptors (Lipinski definition) is 2. The molecule has 1 aromatic rings. The maximum absolute atomic E-state index is 5.49. The first kappa shape index (κ1) is 12.8. The van der Waals surface area contributed by atoms with Crippen LogP contribution in [0.5, 0.6) is 5.75 Å². The molecule has 0 saturated carbocycles. The van der Waals surface area contributed by atoms with Gasteiger partial charge in [0.1, 0.15) is 5.75 Å². The molecule has 0 aliphatic carbocycles. The van der Waals surface area contributed by atoms with Gasteiger partial charge in [-0.3, -0.25) is 0 Å². The Labute approximate surface area is 100 Å². The SMILES string of the molecule is CCOc1cccc(CN=C(N)N=C(N)N)c1. The molecule has 0 saturated heterocycles. The lowest BCUT2D eigenvalue weighted by Gasteiger charge is -2.04. The molecule has 0 atom stereocenters. The van der Waals surface area contributed by atoms with E-state index in [0.29, 0.717) is 13.2 Å². The molecule has 0 amide bonds. The zero-order valence-corrected chi connectivity index (χ0v) is 9.76. The van der Waals surface area contributed by atoms with Gasteiger partial charge < -0.3 is 21.9 Å². The summed E-state index contributed by atoms with van der Waals surface area (Å²) >= 11 is 0. The molecular formula is C11H17N5O. The summed E-state index contributed by atoms with van der Waals surface area (Å²) in [7, 11) is 0. The number of ether oxygens (including phenoxy) is 1. The molecule has 0 heterocycles. The minimum absolute atomic E-state index is 0.0619. The van der Waals surface area contributed by atoms with Crippen LogP contribution in [0, 0.1) is 0 Å². The molecule has 0 unspecified atom stereocenters. The van der Waals surface area contributed by atoms with Crippen molar-refractivity contribution < 1.29 is 4.74 Å². The zero-order valence-electron chi connectivity index (χ0n) is 9.76. The second-order valence-electron chi connectivity index (χ2n) is 3.29. The van der Waals surface area contributed by atoms with Crippen LogP contribution < -0.4 is 21.9 Å². The van der Waals surface area contributed by atoms with E-state index in [1.165, 1.54) is 0 Å². The maximum atomic E-state index is 5.49. The lowest BCUT2D eigenvalue weighted by Crippen LogP contribution is -2.26. The fourth-order valence-corrected chi connectivity index (χ4v) is 1.24. The Morgan fingerprint density at radius 3 is 2.71 bits per heavy atom. The summed E-state index contributed by atoms with van der Waals surface area (Å²) in [5.74, 6) is 0.766. The van der Waals surface area contributed by atoms with Gasteiger partial charge >= 0.3 is 0 Å². The van der Waals surface area contributed by atoms with Gasteiger partial charge in [-0.1, -0.05) is 12.1 Å². The fourth-order valence-electron chi connectivity index (χ4n) is 1.24. The van der Waals surface area contributed by atoms with Crippen LogP contribution >= 0.6 is 0 Å². The number of guanidine groups is 2. The number of aliphatic imine (C=N–C) groups is 2. The minimum Gasteiger partial charge on any atom is -0.494 e. The lowest BCUT2D eigenvalue weighted by atomic mass is 10.2. The van der Waals surface area contributed by atoms with Crippen molar-refractivity contribution in [1.82, 2.24) is 0 Å². The molecule has 6 N–H and O–H groups in total. The summed E-state index contributed by atoms with van der Waals surface area (Å²) in [4.78, 5) is 7.65. The molecular weight excluding hydrogens is 218 g/mol. The highest BCUT2D eigenvalue weighted by Crippen LogP contribution is 2.13. The molecule has 6 nitrogen and oxygen atoms in total. The topological polar surface area (TPSA) is 112 Å². The van der Waals surface area contributed by atoms with Crippen LogP contribution in [0.25, 0.3) is 0 Å². The Morgan fingerprint density at radius 1 is 1.29 bits per heavy atom. The van der Waals surface area contributed by atoms with Crippen molar-refractivity contribution >= 4 is 11.9 Å². The highest BCUT2D eigenvalue weighted by Gasteiger charge is 1.96. The van der Waals surface area contributed by atoms with Gasteiger partial charge in [-0.2, -0.15) is 4.99 Å². The number of nitrogens with zero attached hydrogens (tertiary/aromatic N) is 2. The minimum atomic E-state index is -0.102. The van der Waals surface area contributed by atoms with Gasteiger partial charge in [-0.05, 0) is 24.6 Å². The highest BCUT2D eigenvalue weighted by molar-refractivity contribution is 5.92. The van der Waals surface area contributed by atoms with Crippen molar-refractivity contribution in [2.75, 3.05) is 6.61 Å². The van der Waals surface area contributed by atoms with Crippen LogP contribution in [-0.2, 0) is 6.54 Å². The van der Waals surface area contributed by atoms with Gasteiger partial charge in [-0.25, -0.2) is 4.99 Å². The van der Waals surface area contributed by atoms with Crippen molar-refractivity contribution in [3.05, 3.63) is 29.8 Å². The summed E-state index contributed by atoms with van der Waals surface area (Å²) < 4.78 is 5.37. The van der Waals surface area contributed by atoms with Gasteiger partial charge in [0.25, 0.3) is 0 Å². The van der Waals surface area contributed by atoms with Crippen molar-refractivity contribution in [2.45, 2.75) is 13.5 Å². The molecule has 0 radical (unpaired) electrons. The molecule has 1 rings (SSSR count). The van der Waals surface area contributed by atoms with E-state index in [1.54, 1.807) is 0 Å². The van der Waals surface area contributed by atoms with Crippen molar-refractivity contribution in [2.24, 2.45) is 27.2 Å².